The monoisotopic (exact) mass is 233 g/mol. The SMILES string of the molecule is CN(C)CCN1CCc2ccc(C(N)=O)cc21. The molecule has 4 heteroatoms. The summed E-state index contributed by atoms with van der Waals surface area (Å²) in [4.78, 5) is 15.7. The molecule has 0 saturated carbocycles. The Labute approximate surface area is 102 Å². The van der Waals surface area contributed by atoms with Crippen molar-refractivity contribution >= 4 is 11.6 Å². The number of carbonyl (C=O) groups is 1. The molecule has 0 unspecified atom stereocenters. The number of hydrogen-bond acceptors (Lipinski definition) is 3. The van der Waals surface area contributed by atoms with Crippen molar-refractivity contribution in [3.8, 4) is 0 Å². The molecule has 1 aromatic carbocycles. The maximum atomic E-state index is 11.2. The van der Waals surface area contributed by atoms with E-state index in [0.717, 1.165) is 26.1 Å². The van der Waals surface area contributed by atoms with Crippen LogP contribution in [0.5, 0.6) is 0 Å². The second kappa shape index (κ2) is 4.75. The van der Waals surface area contributed by atoms with Crippen molar-refractivity contribution < 1.29 is 4.79 Å². The summed E-state index contributed by atoms with van der Waals surface area (Å²) >= 11 is 0. The zero-order chi connectivity index (χ0) is 12.4. The van der Waals surface area contributed by atoms with E-state index in [0.29, 0.717) is 5.56 Å². The molecule has 92 valence electrons. The highest BCUT2D eigenvalue weighted by molar-refractivity contribution is 5.94. The van der Waals surface area contributed by atoms with Crippen molar-refractivity contribution in [3.05, 3.63) is 29.3 Å². The zero-order valence-corrected chi connectivity index (χ0v) is 10.4. The Morgan fingerprint density at radius 1 is 1.47 bits per heavy atom. The van der Waals surface area contributed by atoms with E-state index in [1.165, 1.54) is 11.3 Å². The maximum Gasteiger partial charge on any atom is 0.248 e. The lowest BCUT2D eigenvalue weighted by atomic mass is 10.1. The topological polar surface area (TPSA) is 49.6 Å². The van der Waals surface area contributed by atoms with E-state index in [2.05, 4.69) is 23.9 Å². The fraction of sp³-hybridized carbons (Fsp3) is 0.462. The Balaban J connectivity index is 2.17. The summed E-state index contributed by atoms with van der Waals surface area (Å²) in [5, 5.41) is 0. The second-order valence-electron chi connectivity index (χ2n) is 4.75. The number of amides is 1. The molecule has 2 N–H and O–H groups in total. The smallest absolute Gasteiger partial charge is 0.248 e. The predicted octanol–water partition coefficient (Wildman–Crippen LogP) is 0.710. The Hall–Kier alpha value is -1.55. The summed E-state index contributed by atoms with van der Waals surface area (Å²) in [6.45, 7) is 3.04. The van der Waals surface area contributed by atoms with Crippen molar-refractivity contribution in [3.63, 3.8) is 0 Å². The van der Waals surface area contributed by atoms with E-state index in [4.69, 9.17) is 5.73 Å². The minimum atomic E-state index is -0.354. The summed E-state index contributed by atoms with van der Waals surface area (Å²) < 4.78 is 0. The summed E-state index contributed by atoms with van der Waals surface area (Å²) in [7, 11) is 4.13. The van der Waals surface area contributed by atoms with Crippen LogP contribution in [0.2, 0.25) is 0 Å². The standard InChI is InChI=1S/C13H19N3O/c1-15(2)7-8-16-6-5-10-3-4-11(13(14)17)9-12(10)16/h3-4,9H,5-8H2,1-2H3,(H2,14,17). The van der Waals surface area contributed by atoms with E-state index < -0.39 is 0 Å². The van der Waals surface area contributed by atoms with Crippen LogP contribution in [0.4, 0.5) is 5.69 Å². The van der Waals surface area contributed by atoms with Crippen molar-refractivity contribution in [1.29, 1.82) is 0 Å². The number of primary amides is 1. The van der Waals surface area contributed by atoms with Crippen molar-refractivity contribution in [2.75, 3.05) is 38.6 Å². The number of fused-ring (bicyclic) bond motifs is 1. The first-order chi connectivity index (χ1) is 8.08. The molecule has 0 bridgehead atoms. The Morgan fingerprint density at radius 2 is 2.24 bits per heavy atom. The average Bonchev–Trinajstić information content (AvgIpc) is 2.68. The summed E-state index contributed by atoms with van der Waals surface area (Å²) in [6, 6.07) is 5.75. The molecule has 1 aliphatic rings. The van der Waals surface area contributed by atoms with Gasteiger partial charge in [-0.2, -0.15) is 0 Å². The highest BCUT2D eigenvalue weighted by atomic mass is 16.1. The van der Waals surface area contributed by atoms with Gasteiger partial charge in [0.2, 0.25) is 5.91 Å². The van der Waals surface area contributed by atoms with Crippen molar-refractivity contribution in [2.24, 2.45) is 5.73 Å². The van der Waals surface area contributed by atoms with Gasteiger partial charge in [0.05, 0.1) is 0 Å². The van der Waals surface area contributed by atoms with Crippen LogP contribution in [0.1, 0.15) is 15.9 Å². The molecule has 0 saturated heterocycles. The first-order valence-corrected chi connectivity index (χ1v) is 5.90. The minimum absolute atomic E-state index is 0.354. The zero-order valence-electron chi connectivity index (χ0n) is 10.4. The lowest BCUT2D eigenvalue weighted by molar-refractivity contribution is 0.100. The quantitative estimate of drug-likeness (QED) is 0.833. The second-order valence-corrected chi connectivity index (χ2v) is 4.75. The number of nitrogens with two attached hydrogens (primary N) is 1. The molecular weight excluding hydrogens is 214 g/mol. The molecule has 0 spiro atoms. The number of likely N-dealkylation sites (N-methyl/N-ethyl adjacent to an activating group) is 1. The van der Waals surface area contributed by atoms with E-state index in [-0.39, 0.29) is 5.91 Å². The van der Waals surface area contributed by atoms with Gasteiger partial charge in [-0.15, -0.1) is 0 Å². The molecule has 1 heterocycles. The fourth-order valence-electron chi connectivity index (χ4n) is 2.15. The van der Waals surface area contributed by atoms with Crippen LogP contribution in [-0.4, -0.2) is 44.5 Å². The van der Waals surface area contributed by atoms with Gasteiger partial charge >= 0.3 is 0 Å². The lowest BCUT2D eigenvalue weighted by Gasteiger charge is -2.21. The normalized spacial score (nSPS) is 14.2. The number of anilines is 1. The summed E-state index contributed by atoms with van der Waals surface area (Å²) in [5.41, 5.74) is 8.39. The molecule has 17 heavy (non-hydrogen) atoms. The van der Waals surface area contributed by atoms with Gasteiger partial charge < -0.3 is 15.5 Å². The molecule has 0 fully saturated rings. The molecule has 0 atom stereocenters. The van der Waals surface area contributed by atoms with Gasteiger partial charge in [0.15, 0.2) is 0 Å². The first kappa shape index (κ1) is 11.9. The Bertz CT molecular complexity index is 429. The molecule has 0 aromatic heterocycles. The number of carbonyl (C=O) groups excluding carboxylic acids is 1. The van der Waals surface area contributed by atoms with Gasteiger partial charge in [0.1, 0.15) is 0 Å². The fourth-order valence-corrected chi connectivity index (χ4v) is 2.15. The molecular formula is C13H19N3O. The largest absolute Gasteiger partial charge is 0.370 e. The molecule has 1 aliphatic heterocycles. The van der Waals surface area contributed by atoms with Crippen LogP contribution in [0.15, 0.2) is 18.2 Å². The van der Waals surface area contributed by atoms with Crippen LogP contribution >= 0.6 is 0 Å². The van der Waals surface area contributed by atoms with Gasteiger partial charge in [-0.3, -0.25) is 4.79 Å². The minimum Gasteiger partial charge on any atom is -0.370 e. The van der Waals surface area contributed by atoms with E-state index in [1.54, 1.807) is 0 Å². The van der Waals surface area contributed by atoms with Gasteiger partial charge in [0, 0.05) is 30.9 Å². The van der Waals surface area contributed by atoms with E-state index in [1.807, 2.05) is 18.2 Å². The first-order valence-electron chi connectivity index (χ1n) is 5.90. The third-order valence-electron chi connectivity index (χ3n) is 3.18. The van der Waals surface area contributed by atoms with Crippen molar-refractivity contribution in [2.45, 2.75) is 6.42 Å². The van der Waals surface area contributed by atoms with Gasteiger partial charge in [-0.05, 0) is 38.2 Å². The van der Waals surface area contributed by atoms with Crippen LogP contribution in [-0.2, 0) is 6.42 Å². The molecule has 0 aliphatic carbocycles. The number of benzene rings is 1. The molecule has 2 rings (SSSR count). The summed E-state index contributed by atoms with van der Waals surface area (Å²) in [6.07, 6.45) is 1.06. The molecule has 4 nitrogen and oxygen atoms in total. The number of nitrogens with zero attached hydrogens (tertiary/aromatic N) is 2. The Kier molecular flexibility index (Phi) is 3.33. The van der Waals surface area contributed by atoms with Crippen LogP contribution in [0.25, 0.3) is 0 Å². The third kappa shape index (κ3) is 2.58. The van der Waals surface area contributed by atoms with E-state index in [9.17, 15) is 4.79 Å². The number of hydrogen-bond donors (Lipinski definition) is 1. The van der Waals surface area contributed by atoms with Gasteiger partial charge in [0.25, 0.3) is 0 Å². The molecule has 1 aromatic rings. The van der Waals surface area contributed by atoms with Crippen LogP contribution < -0.4 is 10.6 Å². The lowest BCUT2D eigenvalue weighted by Crippen LogP contribution is -2.30. The maximum absolute atomic E-state index is 11.2. The molecule has 1 amide bonds. The van der Waals surface area contributed by atoms with Gasteiger partial charge in [-0.1, -0.05) is 6.07 Å². The highest BCUT2D eigenvalue weighted by Gasteiger charge is 2.19. The number of rotatable bonds is 4. The van der Waals surface area contributed by atoms with Crippen LogP contribution in [0, 0.1) is 0 Å². The van der Waals surface area contributed by atoms with Gasteiger partial charge in [-0.25, -0.2) is 0 Å². The average molecular weight is 233 g/mol. The Morgan fingerprint density at radius 3 is 2.88 bits per heavy atom. The predicted molar refractivity (Wildman–Crippen MR) is 69.4 cm³/mol. The summed E-state index contributed by atoms with van der Waals surface area (Å²) in [5.74, 6) is -0.354. The van der Waals surface area contributed by atoms with Crippen LogP contribution in [0.3, 0.4) is 0 Å². The van der Waals surface area contributed by atoms with E-state index >= 15 is 0 Å². The molecule has 0 radical (unpaired) electrons. The third-order valence-corrected chi connectivity index (χ3v) is 3.18. The highest BCUT2D eigenvalue weighted by Crippen LogP contribution is 2.28. The van der Waals surface area contributed by atoms with Crippen molar-refractivity contribution in [1.82, 2.24) is 4.90 Å².